The summed E-state index contributed by atoms with van der Waals surface area (Å²) in [5, 5.41) is 0. The standard InChI is InChI=1S/C15H24N4O2/c1-4-18-10-12(16)9-13(18)15(21)19-7-5-11(6-8-19)14(20)17(2)3/h9-11H,4-8,16H2,1-3H3. The predicted molar refractivity (Wildman–Crippen MR) is 81.8 cm³/mol. The van der Waals surface area contributed by atoms with Crippen LogP contribution in [-0.2, 0) is 11.3 Å². The van der Waals surface area contributed by atoms with Crippen LogP contribution >= 0.6 is 0 Å². The van der Waals surface area contributed by atoms with Crippen molar-refractivity contribution < 1.29 is 9.59 Å². The molecule has 0 aromatic carbocycles. The Labute approximate surface area is 125 Å². The van der Waals surface area contributed by atoms with E-state index >= 15 is 0 Å². The number of aryl methyl sites for hydroxylation is 1. The minimum atomic E-state index is 0.00398. The summed E-state index contributed by atoms with van der Waals surface area (Å²) in [5.74, 6) is 0.194. The van der Waals surface area contributed by atoms with Crippen LogP contribution in [0.15, 0.2) is 12.3 Å². The third-order valence-corrected chi connectivity index (χ3v) is 4.05. The molecule has 1 aliphatic heterocycles. The smallest absolute Gasteiger partial charge is 0.270 e. The van der Waals surface area contributed by atoms with Crippen LogP contribution in [0.1, 0.15) is 30.3 Å². The number of hydrogen-bond donors (Lipinski definition) is 1. The van der Waals surface area contributed by atoms with Crippen molar-refractivity contribution in [3.05, 3.63) is 18.0 Å². The Morgan fingerprint density at radius 1 is 1.33 bits per heavy atom. The number of rotatable bonds is 3. The molecule has 0 bridgehead atoms. The molecule has 1 aromatic heterocycles. The van der Waals surface area contributed by atoms with Crippen molar-refractivity contribution in [2.24, 2.45) is 5.92 Å². The van der Waals surface area contributed by atoms with Crippen LogP contribution in [0.4, 0.5) is 5.69 Å². The molecule has 1 aliphatic rings. The second-order valence-corrected chi connectivity index (χ2v) is 5.74. The number of hydrogen-bond acceptors (Lipinski definition) is 3. The van der Waals surface area contributed by atoms with Crippen LogP contribution in [0.5, 0.6) is 0 Å². The van der Waals surface area contributed by atoms with Crippen LogP contribution in [0.3, 0.4) is 0 Å². The van der Waals surface area contributed by atoms with Gasteiger partial charge in [-0.05, 0) is 25.8 Å². The molecule has 0 unspecified atom stereocenters. The van der Waals surface area contributed by atoms with Gasteiger partial charge in [-0.25, -0.2) is 0 Å². The Kier molecular flexibility index (Phi) is 4.55. The highest BCUT2D eigenvalue weighted by Crippen LogP contribution is 2.21. The quantitative estimate of drug-likeness (QED) is 0.904. The lowest BCUT2D eigenvalue weighted by atomic mass is 9.95. The SMILES string of the molecule is CCn1cc(N)cc1C(=O)N1CCC(C(=O)N(C)C)CC1. The molecule has 1 aromatic rings. The average molecular weight is 292 g/mol. The fourth-order valence-corrected chi connectivity index (χ4v) is 2.83. The Bertz CT molecular complexity index is 528. The Balaban J connectivity index is 2.02. The first-order chi connectivity index (χ1) is 9.93. The van der Waals surface area contributed by atoms with Gasteiger partial charge in [0, 0.05) is 45.8 Å². The third-order valence-electron chi connectivity index (χ3n) is 4.05. The fourth-order valence-electron chi connectivity index (χ4n) is 2.83. The zero-order valence-electron chi connectivity index (χ0n) is 13.0. The number of likely N-dealkylation sites (tertiary alicyclic amines) is 1. The van der Waals surface area contributed by atoms with Gasteiger partial charge in [0.15, 0.2) is 0 Å². The van der Waals surface area contributed by atoms with E-state index < -0.39 is 0 Å². The molecule has 6 heteroatoms. The number of anilines is 1. The van der Waals surface area contributed by atoms with Gasteiger partial charge < -0.3 is 20.1 Å². The van der Waals surface area contributed by atoms with Gasteiger partial charge in [-0.2, -0.15) is 0 Å². The molecule has 2 amide bonds. The maximum Gasteiger partial charge on any atom is 0.270 e. The summed E-state index contributed by atoms with van der Waals surface area (Å²) >= 11 is 0. The van der Waals surface area contributed by atoms with Gasteiger partial charge in [0.05, 0.1) is 5.69 Å². The number of carbonyl (C=O) groups excluding carboxylic acids is 2. The molecule has 2 N–H and O–H groups in total. The molecule has 6 nitrogen and oxygen atoms in total. The molecule has 0 radical (unpaired) electrons. The van der Waals surface area contributed by atoms with Crippen molar-refractivity contribution in [1.29, 1.82) is 0 Å². The monoisotopic (exact) mass is 292 g/mol. The summed E-state index contributed by atoms with van der Waals surface area (Å²) < 4.78 is 1.87. The average Bonchev–Trinajstić information content (AvgIpc) is 2.86. The molecule has 1 fully saturated rings. The zero-order chi connectivity index (χ0) is 15.6. The van der Waals surface area contributed by atoms with Gasteiger partial charge >= 0.3 is 0 Å². The molecule has 1 saturated heterocycles. The summed E-state index contributed by atoms with van der Waals surface area (Å²) in [6.07, 6.45) is 3.24. The van der Waals surface area contributed by atoms with Crippen LogP contribution in [0.25, 0.3) is 0 Å². The molecule has 0 spiro atoms. The van der Waals surface area contributed by atoms with Crippen molar-refractivity contribution in [1.82, 2.24) is 14.4 Å². The van der Waals surface area contributed by atoms with Crippen molar-refractivity contribution in [3.63, 3.8) is 0 Å². The Morgan fingerprint density at radius 3 is 2.48 bits per heavy atom. The van der Waals surface area contributed by atoms with Gasteiger partial charge in [0.1, 0.15) is 5.69 Å². The van der Waals surface area contributed by atoms with E-state index in [1.165, 1.54) is 0 Å². The summed E-state index contributed by atoms with van der Waals surface area (Å²) in [7, 11) is 3.55. The molecular formula is C15H24N4O2. The molecule has 2 rings (SSSR count). The van der Waals surface area contributed by atoms with Crippen molar-refractivity contribution in [2.75, 3.05) is 32.9 Å². The fraction of sp³-hybridized carbons (Fsp3) is 0.600. The topological polar surface area (TPSA) is 71.6 Å². The lowest BCUT2D eigenvalue weighted by Gasteiger charge is -2.32. The van der Waals surface area contributed by atoms with Crippen molar-refractivity contribution >= 4 is 17.5 Å². The minimum absolute atomic E-state index is 0.00398. The summed E-state index contributed by atoms with van der Waals surface area (Å²) in [6.45, 7) is 3.95. The van der Waals surface area contributed by atoms with Gasteiger partial charge in [0.2, 0.25) is 5.91 Å². The number of nitrogens with two attached hydrogens (primary N) is 1. The Morgan fingerprint density at radius 2 is 1.95 bits per heavy atom. The second kappa shape index (κ2) is 6.20. The number of amides is 2. The van der Waals surface area contributed by atoms with E-state index in [1.807, 2.05) is 16.4 Å². The highest BCUT2D eigenvalue weighted by Gasteiger charge is 2.29. The maximum atomic E-state index is 12.6. The number of nitrogen functional groups attached to an aromatic ring is 1. The van der Waals surface area contributed by atoms with E-state index in [-0.39, 0.29) is 17.7 Å². The highest BCUT2D eigenvalue weighted by atomic mass is 16.2. The lowest BCUT2D eigenvalue weighted by molar-refractivity contribution is -0.134. The largest absolute Gasteiger partial charge is 0.397 e. The number of aromatic nitrogens is 1. The number of piperidine rings is 1. The number of carbonyl (C=O) groups is 2. The van der Waals surface area contributed by atoms with Gasteiger partial charge in [-0.3, -0.25) is 9.59 Å². The van der Waals surface area contributed by atoms with Gasteiger partial charge in [-0.15, -0.1) is 0 Å². The predicted octanol–water partition coefficient (Wildman–Crippen LogP) is 1.03. The van der Waals surface area contributed by atoms with E-state index in [0.717, 1.165) is 12.8 Å². The van der Waals surface area contributed by atoms with E-state index in [0.29, 0.717) is 31.0 Å². The van der Waals surface area contributed by atoms with E-state index in [1.54, 1.807) is 31.3 Å². The lowest BCUT2D eigenvalue weighted by Crippen LogP contribution is -2.43. The number of nitrogens with zero attached hydrogens (tertiary/aromatic N) is 3. The molecule has 0 aliphatic carbocycles. The zero-order valence-corrected chi connectivity index (χ0v) is 13.0. The van der Waals surface area contributed by atoms with Crippen LogP contribution in [-0.4, -0.2) is 53.4 Å². The van der Waals surface area contributed by atoms with E-state index in [4.69, 9.17) is 5.73 Å². The molecule has 0 saturated carbocycles. The van der Waals surface area contributed by atoms with Crippen molar-refractivity contribution in [3.8, 4) is 0 Å². The van der Waals surface area contributed by atoms with Crippen LogP contribution in [0, 0.1) is 5.92 Å². The second-order valence-electron chi connectivity index (χ2n) is 5.74. The molecular weight excluding hydrogens is 268 g/mol. The molecule has 116 valence electrons. The van der Waals surface area contributed by atoms with E-state index in [9.17, 15) is 9.59 Å². The Hall–Kier alpha value is -1.98. The molecule has 0 atom stereocenters. The van der Waals surface area contributed by atoms with Crippen LogP contribution in [0.2, 0.25) is 0 Å². The third kappa shape index (κ3) is 3.20. The summed E-state index contributed by atoms with van der Waals surface area (Å²) in [5.41, 5.74) is 7.02. The first-order valence-corrected chi connectivity index (χ1v) is 7.40. The van der Waals surface area contributed by atoms with Gasteiger partial charge in [0.25, 0.3) is 5.91 Å². The van der Waals surface area contributed by atoms with Crippen molar-refractivity contribution in [2.45, 2.75) is 26.3 Å². The molecule has 2 heterocycles. The maximum absolute atomic E-state index is 12.6. The normalized spacial score (nSPS) is 16.0. The summed E-state index contributed by atoms with van der Waals surface area (Å²) in [6, 6.07) is 1.73. The first-order valence-electron chi connectivity index (χ1n) is 7.40. The highest BCUT2D eigenvalue weighted by molar-refractivity contribution is 5.94. The van der Waals surface area contributed by atoms with Crippen LogP contribution < -0.4 is 5.73 Å². The minimum Gasteiger partial charge on any atom is -0.397 e. The summed E-state index contributed by atoms with van der Waals surface area (Å²) in [4.78, 5) is 28.0. The molecule has 21 heavy (non-hydrogen) atoms. The van der Waals surface area contributed by atoms with E-state index in [2.05, 4.69) is 0 Å². The van der Waals surface area contributed by atoms with Gasteiger partial charge in [-0.1, -0.05) is 0 Å². The first kappa shape index (κ1) is 15.4.